The van der Waals surface area contributed by atoms with Crippen molar-refractivity contribution < 1.29 is 17.9 Å². The van der Waals surface area contributed by atoms with E-state index in [1.807, 2.05) is 13.1 Å². The highest BCUT2D eigenvalue weighted by Crippen LogP contribution is 2.25. The third-order valence-corrected chi connectivity index (χ3v) is 6.57. The van der Waals surface area contributed by atoms with Gasteiger partial charge in [-0.2, -0.15) is 4.31 Å². The Hall–Kier alpha value is -2.49. The molecule has 0 spiro atoms. The number of amides is 1. The van der Waals surface area contributed by atoms with E-state index in [1.165, 1.54) is 29.6 Å². The lowest BCUT2D eigenvalue weighted by Crippen LogP contribution is -2.47. The van der Waals surface area contributed by atoms with Gasteiger partial charge in [-0.15, -0.1) is 0 Å². The molecule has 1 aromatic heterocycles. The molecule has 0 bridgehead atoms. The molecule has 1 aliphatic rings. The molecule has 2 heterocycles. The molecule has 9 heteroatoms. The minimum Gasteiger partial charge on any atom is -0.496 e. The van der Waals surface area contributed by atoms with E-state index in [0.29, 0.717) is 37.6 Å². The van der Waals surface area contributed by atoms with Crippen LogP contribution in [0.25, 0.3) is 0 Å². The van der Waals surface area contributed by atoms with Crippen LogP contribution in [0.4, 0.5) is 0 Å². The first-order chi connectivity index (χ1) is 13.4. The summed E-state index contributed by atoms with van der Waals surface area (Å²) in [6.07, 6.45) is 1.64. The van der Waals surface area contributed by atoms with Crippen molar-refractivity contribution in [2.45, 2.75) is 11.4 Å². The number of ether oxygens (including phenoxy) is 1. The first kappa shape index (κ1) is 20.2. The van der Waals surface area contributed by atoms with Gasteiger partial charge in [-0.25, -0.2) is 8.42 Å². The summed E-state index contributed by atoms with van der Waals surface area (Å²) in [6.45, 7) is 2.43. The minimum atomic E-state index is -3.67. The van der Waals surface area contributed by atoms with E-state index in [0.717, 1.165) is 0 Å². The number of nitrogens with zero attached hydrogens (tertiary/aromatic N) is 3. The highest BCUT2D eigenvalue weighted by Gasteiger charge is 2.28. The summed E-state index contributed by atoms with van der Waals surface area (Å²) in [7, 11) is -0.271. The maximum absolute atomic E-state index is 13.0. The number of piperazine rings is 1. The van der Waals surface area contributed by atoms with E-state index in [1.54, 1.807) is 18.3 Å². The van der Waals surface area contributed by atoms with Crippen molar-refractivity contribution in [2.75, 3.05) is 40.3 Å². The SMILES string of the molecule is COc1ccc(S(=O)(=O)N2CCN(C)CC2)cc1C(=O)NCc1ccccn1. The lowest BCUT2D eigenvalue weighted by Gasteiger charge is -2.31. The molecule has 150 valence electrons. The average molecular weight is 404 g/mol. The minimum absolute atomic E-state index is 0.0841. The Bertz CT molecular complexity index is 926. The van der Waals surface area contributed by atoms with Crippen LogP contribution in [0.2, 0.25) is 0 Å². The zero-order valence-corrected chi connectivity index (χ0v) is 16.8. The molecule has 1 saturated heterocycles. The molecular formula is C19H24N4O4S. The number of hydrogen-bond donors (Lipinski definition) is 1. The number of rotatable bonds is 6. The Morgan fingerprint density at radius 1 is 1.18 bits per heavy atom. The van der Waals surface area contributed by atoms with Crippen LogP contribution in [0.1, 0.15) is 16.1 Å². The van der Waals surface area contributed by atoms with Gasteiger partial charge in [0, 0.05) is 32.4 Å². The van der Waals surface area contributed by atoms with Gasteiger partial charge >= 0.3 is 0 Å². The summed E-state index contributed by atoms with van der Waals surface area (Å²) in [5.74, 6) is -0.103. The Labute approximate surface area is 165 Å². The Kier molecular flexibility index (Phi) is 6.28. The van der Waals surface area contributed by atoms with Crippen LogP contribution >= 0.6 is 0 Å². The molecular weight excluding hydrogens is 380 g/mol. The zero-order valence-electron chi connectivity index (χ0n) is 16.0. The number of methoxy groups -OCH3 is 1. The average Bonchev–Trinajstić information content (AvgIpc) is 2.72. The molecule has 2 aromatic rings. The van der Waals surface area contributed by atoms with Gasteiger partial charge in [-0.1, -0.05) is 6.07 Å². The van der Waals surface area contributed by atoms with Crippen molar-refractivity contribution in [1.82, 2.24) is 19.5 Å². The highest BCUT2D eigenvalue weighted by atomic mass is 32.2. The molecule has 3 rings (SSSR count). The van der Waals surface area contributed by atoms with Gasteiger partial charge in [0.2, 0.25) is 10.0 Å². The largest absolute Gasteiger partial charge is 0.496 e. The fourth-order valence-electron chi connectivity index (χ4n) is 2.97. The summed E-state index contributed by atoms with van der Waals surface area (Å²) in [5, 5.41) is 2.76. The molecule has 8 nitrogen and oxygen atoms in total. The lowest BCUT2D eigenvalue weighted by atomic mass is 10.2. The van der Waals surface area contributed by atoms with Gasteiger partial charge < -0.3 is 15.0 Å². The number of hydrogen-bond acceptors (Lipinski definition) is 6. The van der Waals surface area contributed by atoms with Crippen LogP contribution in [0, 0.1) is 0 Å². The van der Waals surface area contributed by atoms with Gasteiger partial charge in [0.15, 0.2) is 0 Å². The molecule has 1 amide bonds. The van der Waals surface area contributed by atoms with Crippen LogP contribution in [-0.4, -0.2) is 68.9 Å². The molecule has 0 atom stereocenters. The van der Waals surface area contributed by atoms with E-state index in [2.05, 4.69) is 15.2 Å². The molecule has 0 saturated carbocycles. The van der Waals surface area contributed by atoms with Gasteiger partial charge in [0.05, 0.1) is 29.8 Å². The Morgan fingerprint density at radius 3 is 2.57 bits per heavy atom. The van der Waals surface area contributed by atoms with Crippen molar-refractivity contribution in [3.8, 4) is 5.75 Å². The molecule has 1 fully saturated rings. The van der Waals surface area contributed by atoms with Gasteiger partial charge in [-0.05, 0) is 37.4 Å². The van der Waals surface area contributed by atoms with Gasteiger partial charge in [0.1, 0.15) is 5.75 Å². The topological polar surface area (TPSA) is 91.8 Å². The lowest BCUT2D eigenvalue weighted by molar-refractivity contribution is 0.0947. The van der Waals surface area contributed by atoms with E-state index in [-0.39, 0.29) is 17.0 Å². The van der Waals surface area contributed by atoms with Crippen molar-refractivity contribution in [3.63, 3.8) is 0 Å². The summed E-state index contributed by atoms with van der Waals surface area (Å²) >= 11 is 0. The number of likely N-dealkylation sites (N-methyl/N-ethyl adjacent to an activating group) is 1. The molecule has 1 aliphatic heterocycles. The van der Waals surface area contributed by atoms with Crippen molar-refractivity contribution in [1.29, 1.82) is 0 Å². The smallest absolute Gasteiger partial charge is 0.255 e. The van der Waals surface area contributed by atoms with E-state index in [9.17, 15) is 13.2 Å². The predicted octanol–water partition coefficient (Wildman–Crippen LogP) is 0.956. The molecule has 0 radical (unpaired) electrons. The fourth-order valence-corrected chi connectivity index (χ4v) is 4.42. The summed E-state index contributed by atoms with van der Waals surface area (Å²) in [6, 6.07) is 9.78. The molecule has 28 heavy (non-hydrogen) atoms. The quantitative estimate of drug-likeness (QED) is 0.771. The first-order valence-corrected chi connectivity index (χ1v) is 10.4. The van der Waals surface area contributed by atoms with Gasteiger partial charge in [-0.3, -0.25) is 9.78 Å². The zero-order chi connectivity index (χ0) is 20.1. The monoisotopic (exact) mass is 404 g/mol. The van der Waals surface area contributed by atoms with Crippen LogP contribution in [0.15, 0.2) is 47.5 Å². The van der Waals surface area contributed by atoms with E-state index >= 15 is 0 Å². The van der Waals surface area contributed by atoms with E-state index < -0.39 is 15.9 Å². The number of sulfonamides is 1. The number of nitrogens with one attached hydrogen (secondary N) is 1. The number of aromatic nitrogens is 1. The Balaban J connectivity index is 1.82. The van der Waals surface area contributed by atoms with E-state index in [4.69, 9.17) is 4.74 Å². The highest BCUT2D eigenvalue weighted by molar-refractivity contribution is 7.89. The predicted molar refractivity (Wildman–Crippen MR) is 105 cm³/mol. The second kappa shape index (κ2) is 8.68. The molecule has 1 aromatic carbocycles. The van der Waals surface area contributed by atoms with Crippen LogP contribution in [0.5, 0.6) is 5.75 Å². The number of carbonyl (C=O) groups excluding carboxylic acids is 1. The number of carbonyl (C=O) groups is 1. The third-order valence-electron chi connectivity index (χ3n) is 4.67. The summed E-state index contributed by atoms with van der Waals surface area (Å²) in [5.41, 5.74) is 0.879. The number of benzene rings is 1. The molecule has 0 unspecified atom stereocenters. The van der Waals surface area contributed by atoms with Crippen LogP contribution in [-0.2, 0) is 16.6 Å². The summed E-state index contributed by atoms with van der Waals surface area (Å²) in [4.78, 5) is 19.0. The molecule has 1 N–H and O–H groups in total. The molecule has 0 aliphatic carbocycles. The Morgan fingerprint density at radius 2 is 1.93 bits per heavy atom. The van der Waals surface area contributed by atoms with Crippen molar-refractivity contribution in [2.24, 2.45) is 0 Å². The van der Waals surface area contributed by atoms with Gasteiger partial charge in [0.25, 0.3) is 5.91 Å². The first-order valence-electron chi connectivity index (χ1n) is 8.96. The maximum atomic E-state index is 13.0. The second-order valence-electron chi connectivity index (χ2n) is 6.57. The van der Waals surface area contributed by atoms with Crippen LogP contribution in [0.3, 0.4) is 0 Å². The normalized spacial score (nSPS) is 15.9. The van der Waals surface area contributed by atoms with Crippen molar-refractivity contribution >= 4 is 15.9 Å². The second-order valence-corrected chi connectivity index (χ2v) is 8.51. The summed E-state index contributed by atoms with van der Waals surface area (Å²) < 4.78 is 32.6. The van der Waals surface area contributed by atoms with Crippen molar-refractivity contribution in [3.05, 3.63) is 53.9 Å². The third kappa shape index (κ3) is 4.49. The van der Waals surface area contributed by atoms with Crippen LogP contribution < -0.4 is 10.1 Å². The standard InChI is InChI=1S/C19H24N4O4S/c1-22-9-11-23(12-10-22)28(25,26)16-6-7-18(27-2)17(13-16)19(24)21-14-15-5-3-4-8-20-15/h3-8,13H,9-12,14H2,1-2H3,(H,21,24). The fraction of sp³-hybridized carbons (Fsp3) is 0.368. The number of pyridine rings is 1. The maximum Gasteiger partial charge on any atom is 0.255 e.